The normalized spacial score (nSPS) is 17.3. The number of hydrogen-bond donors (Lipinski definition) is 1. The summed E-state index contributed by atoms with van der Waals surface area (Å²) in [6.07, 6.45) is 2.87. The third-order valence-corrected chi connectivity index (χ3v) is 4.31. The van der Waals surface area contributed by atoms with Crippen molar-refractivity contribution in [3.8, 4) is 5.75 Å². The Kier molecular flexibility index (Phi) is 4.71. The van der Waals surface area contributed by atoms with Crippen molar-refractivity contribution >= 4 is 0 Å². The first kappa shape index (κ1) is 15.3. The number of benzene rings is 1. The fraction of sp³-hybridized carbons (Fsp3) is 0.647. The van der Waals surface area contributed by atoms with Gasteiger partial charge in [0.25, 0.3) is 0 Å². The average Bonchev–Trinajstić information content (AvgIpc) is 3.21. The van der Waals surface area contributed by atoms with Crippen LogP contribution < -0.4 is 10.1 Å². The third-order valence-electron chi connectivity index (χ3n) is 4.31. The van der Waals surface area contributed by atoms with Gasteiger partial charge in [0.15, 0.2) is 0 Å². The highest BCUT2D eigenvalue weighted by molar-refractivity contribution is 5.31. The van der Waals surface area contributed by atoms with Crippen molar-refractivity contribution in [2.75, 3.05) is 20.6 Å². The highest BCUT2D eigenvalue weighted by Crippen LogP contribution is 2.32. The lowest BCUT2D eigenvalue weighted by molar-refractivity contribution is 0.139. The van der Waals surface area contributed by atoms with Crippen LogP contribution in [0.3, 0.4) is 0 Å². The summed E-state index contributed by atoms with van der Waals surface area (Å²) in [5.74, 6) is 0.995. The zero-order chi connectivity index (χ0) is 14.8. The zero-order valence-corrected chi connectivity index (χ0v) is 13.4. The smallest absolute Gasteiger partial charge is 0.119 e. The quantitative estimate of drug-likeness (QED) is 0.827. The summed E-state index contributed by atoms with van der Waals surface area (Å²) in [7, 11) is 4.27. The molecule has 0 heterocycles. The van der Waals surface area contributed by atoms with Crippen LogP contribution in [-0.2, 0) is 0 Å². The first-order chi connectivity index (χ1) is 9.45. The fourth-order valence-electron chi connectivity index (χ4n) is 2.35. The second-order valence-electron chi connectivity index (χ2n) is 6.43. The maximum Gasteiger partial charge on any atom is 0.119 e. The molecule has 1 saturated carbocycles. The Bertz CT molecular complexity index is 421. The van der Waals surface area contributed by atoms with E-state index in [0.29, 0.717) is 12.1 Å². The molecule has 0 radical (unpaired) electrons. The van der Waals surface area contributed by atoms with Crippen LogP contribution in [0.15, 0.2) is 24.3 Å². The van der Waals surface area contributed by atoms with E-state index in [0.717, 1.165) is 12.3 Å². The molecule has 3 nitrogen and oxygen atoms in total. The molecule has 1 aliphatic rings. The minimum atomic E-state index is 0.0505. The van der Waals surface area contributed by atoms with Gasteiger partial charge in [0.1, 0.15) is 5.75 Å². The molecule has 1 unspecified atom stereocenters. The number of ether oxygens (including phenoxy) is 1. The Hall–Kier alpha value is -1.06. The summed E-state index contributed by atoms with van der Waals surface area (Å²) in [5.41, 5.74) is 1.36. The number of hydrogen-bond acceptors (Lipinski definition) is 3. The molecule has 0 amide bonds. The molecular weight excluding hydrogens is 248 g/mol. The number of nitrogens with zero attached hydrogens (tertiary/aromatic N) is 1. The zero-order valence-electron chi connectivity index (χ0n) is 13.4. The van der Waals surface area contributed by atoms with Crippen molar-refractivity contribution < 1.29 is 4.74 Å². The Balaban J connectivity index is 2.15. The van der Waals surface area contributed by atoms with E-state index in [1.54, 1.807) is 0 Å². The molecule has 0 bridgehead atoms. The van der Waals surface area contributed by atoms with Crippen molar-refractivity contribution in [3.63, 3.8) is 0 Å². The molecule has 2 rings (SSSR count). The SMILES string of the molecule is CCNC(c1ccc(OC2CC2)cc1)C(C)(C)N(C)C. The summed E-state index contributed by atoms with van der Waals surface area (Å²) in [5, 5.41) is 3.61. The second-order valence-corrected chi connectivity index (χ2v) is 6.43. The van der Waals surface area contributed by atoms with Gasteiger partial charge in [-0.25, -0.2) is 0 Å². The molecule has 0 spiro atoms. The molecule has 0 aliphatic heterocycles. The van der Waals surface area contributed by atoms with Gasteiger partial charge in [-0.05, 0) is 65.0 Å². The molecule has 1 aromatic carbocycles. The van der Waals surface area contributed by atoms with Crippen LogP contribution in [0, 0.1) is 0 Å². The highest BCUT2D eigenvalue weighted by atomic mass is 16.5. The maximum atomic E-state index is 5.82. The van der Waals surface area contributed by atoms with Gasteiger partial charge in [-0.1, -0.05) is 19.1 Å². The third kappa shape index (κ3) is 3.53. The van der Waals surface area contributed by atoms with Crippen LogP contribution in [0.2, 0.25) is 0 Å². The maximum absolute atomic E-state index is 5.82. The summed E-state index contributed by atoms with van der Waals surface area (Å²) >= 11 is 0. The summed E-state index contributed by atoms with van der Waals surface area (Å²) in [6, 6.07) is 8.89. The van der Waals surface area contributed by atoms with Crippen molar-refractivity contribution in [2.24, 2.45) is 0 Å². The Labute approximate surface area is 123 Å². The van der Waals surface area contributed by atoms with Crippen LogP contribution >= 0.6 is 0 Å². The molecule has 112 valence electrons. The van der Waals surface area contributed by atoms with E-state index in [1.807, 2.05) is 0 Å². The van der Waals surface area contributed by atoms with Crippen LogP contribution in [-0.4, -0.2) is 37.2 Å². The van der Waals surface area contributed by atoms with E-state index in [9.17, 15) is 0 Å². The van der Waals surface area contributed by atoms with Crippen LogP contribution in [0.1, 0.15) is 45.2 Å². The molecular formula is C17H28N2O. The van der Waals surface area contributed by atoms with Crippen molar-refractivity contribution in [2.45, 2.75) is 51.3 Å². The van der Waals surface area contributed by atoms with Crippen LogP contribution in [0.4, 0.5) is 0 Å². The summed E-state index contributed by atoms with van der Waals surface area (Å²) in [4.78, 5) is 2.27. The molecule has 3 heteroatoms. The monoisotopic (exact) mass is 276 g/mol. The number of rotatable bonds is 7. The predicted molar refractivity (Wildman–Crippen MR) is 84.3 cm³/mol. The highest BCUT2D eigenvalue weighted by Gasteiger charge is 2.32. The van der Waals surface area contributed by atoms with Gasteiger partial charge in [0.05, 0.1) is 12.1 Å². The lowest BCUT2D eigenvalue weighted by atomic mass is 9.87. The van der Waals surface area contributed by atoms with Crippen molar-refractivity contribution in [3.05, 3.63) is 29.8 Å². The molecule has 0 saturated heterocycles. The van der Waals surface area contributed by atoms with Crippen LogP contribution in [0.25, 0.3) is 0 Å². The van der Waals surface area contributed by atoms with Gasteiger partial charge in [-0.2, -0.15) is 0 Å². The average molecular weight is 276 g/mol. The lowest BCUT2D eigenvalue weighted by Gasteiger charge is -2.41. The van der Waals surface area contributed by atoms with Gasteiger partial charge in [0, 0.05) is 5.54 Å². The minimum Gasteiger partial charge on any atom is -0.490 e. The first-order valence-corrected chi connectivity index (χ1v) is 7.62. The van der Waals surface area contributed by atoms with E-state index < -0.39 is 0 Å². The van der Waals surface area contributed by atoms with Gasteiger partial charge >= 0.3 is 0 Å². The summed E-state index contributed by atoms with van der Waals surface area (Å²) in [6.45, 7) is 7.66. The first-order valence-electron chi connectivity index (χ1n) is 7.62. The van der Waals surface area contributed by atoms with Crippen molar-refractivity contribution in [1.82, 2.24) is 10.2 Å². The van der Waals surface area contributed by atoms with Crippen LogP contribution in [0.5, 0.6) is 5.75 Å². The van der Waals surface area contributed by atoms with E-state index in [4.69, 9.17) is 4.74 Å². The van der Waals surface area contributed by atoms with Gasteiger partial charge in [0.2, 0.25) is 0 Å². The Morgan fingerprint density at radius 2 is 1.85 bits per heavy atom. The molecule has 1 aliphatic carbocycles. The van der Waals surface area contributed by atoms with E-state index in [1.165, 1.54) is 18.4 Å². The van der Waals surface area contributed by atoms with Crippen molar-refractivity contribution in [1.29, 1.82) is 0 Å². The number of nitrogens with one attached hydrogen (secondary N) is 1. The minimum absolute atomic E-state index is 0.0505. The van der Waals surface area contributed by atoms with E-state index >= 15 is 0 Å². The Morgan fingerprint density at radius 1 is 1.25 bits per heavy atom. The largest absolute Gasteiger partial charge is 0.490 e. The molecule has 1 fully saturated rings. The predicted octanol–water partition coefficient (Wildman–Crippen LogP) is 3.22. The summed E-state index contributed by atoms with van der Waals surface area (Å²) < 4.78 is 5.82. The van der Waals surface area contributed by atoms with Gasteiger partial charge < -0.3 is 15.0 Å². The topological polar surface area (TPSA) is 24.5 Å². The van der Waals surface area contributed by atoms with Gasteiger partial charge in [-0.15, -0.1) is 0 Å². The number of likely N-dealkylation sites (N-methyl/N-ethyl adjacent to an activating group) is 2. The lowest BCUT2D eigenvalue weighted by Crippen LogP contribution is -2.49. The molecule has 20 heavy (non-hydrogen) atoms. The fourth-order valence-corrected chi connectivity index (χ4v) is 2.35. The standard InChI is InChI=1S/C17H28N2O/c1-6-18-16(17(2,3)19(4)5)13-7-9-14(10-8-13)20-15-11-12-15/h7-10,15-16,18H,6,11-12H2,1-5H3. The Morgan fingerprint density at radius 3 is 2.30 bits per heavy atom. The van der Waals surface area contributed by atoms with Gasteiger partial charge in [-0.3, -0.25) is 0 Å². The molecule has 0 aromatic heterocycles. The second kappa shape index (κ2) is 6.15. The van der Waals surface area contributed by atoms with E-state index in [2.05, 4.69) is 69.3 Å². The molecule has 1 aromatic rings. The van der Waals surface area contributed by atoms with E-state index in [-0.39, 0.29) is 5.54 Å². The molecule has 1 N–H and O–H groups in total. The molecule has 1 atom stereocenters.